The summed E-state index contributed by atoms with van der Waals surface area (Å²) in [7, 11) is 0. The molecule has 0 aliphatic heterocycles. The maximum absolute atomic E-state index is 11.0. The largest absolute Gasteiger partial charge is 0.481 e. The summed E-state index contributed by atoms with van der Waals surface area (Å²) in [5.41, 5.74) is 0. The zero-order valence-electron chi connectivity index (χ0n) is 10.4. The molecule has 0 radical (unpaired) electrons. The molecule has 0 saturated heterocycles. The first-order chi connectivity index (χ1) is 8.23. The van der Waals surface area contributed by atoms with E-state index in [9.17, 15) is 14.4 Å². The van der Waals surface area contributed by atoms with Crippen molar-refractivity contribution in [2.24, 2.45) is 5.92 Å². The lowest BCUT2D eigenvalue weighted by molar-refractivity contribution is -0.143. The summed E-state index contributed by atoms with van der Waals surface area (Å²) in [4.78, 5) is 32.3. The summed E-state index contributed by atoms with van der Waals surface area (Å²) in [5, 5.41) is 28.8. The van der Waals surface area contributed by atoms with Crippen LogP contribution in [0, 0.1) is 5.92 Å². The van der Waals surface area contributed by atoms with Gasteiger partial charge in [-0.1, -0.05) is 13.8 Å². The molecule has 0 aliphatic carbocycles. The smallest absolute Gasteiger partial charge is 0.320 e. The fourth-order valence-corrected chi connectivity index (χ4v) is 1.50. The molecule has 104 valence electrons. The van der Waals surface area contributed by atoms with Gasteiger partial charge in [0.25, 0.3) is 0 Å². The molecule has 0 aromatic heterocycles. The van der Waals surface area contributed by atoms with Crippen molar-refractivity contribution in [1.29, 1.82) is 0 Å². The molecular weight excluding hydrogens is 242 g/mol. The topological polar surface area (TPSA) is 124 Å². The second-order valence-electron chi connectivity index (χ2n) is 4.51. The Bertz CT molecular complexity index is 315. The molecule has 7 nitrogen and oxygen atoms in total. The highest BCUT2D eigenvalue weighted by molar-refractivity contribution is 5.78. The van der Waals surface area contributed by atoms with Crippen LogP contribution >= 0.6 is 0 Å². The average Bonchev–Trinajstić information content (AvgIpc) is 2.20. The molecule has 2 atom stereocenters. The fraction of sp³-hybridized carbons (Fsp3) is 0.727. The van der Waals surface area contributed by atoms with Gasteiger partial charge in [-0.2, -0.15) is 0 Å². The molecule has 0 bridgehead atoms. The van der Waals surface area contributed by atoms with Crippen molar-refractivity contribution in [2.75, 3.05) is 0 Å². The Morgan fingerprint density at radius 1 is 1.00 bits per heavy atom. The molecule has 1 unspecified atom stereocenters. The lowest BCUT2D eigenvalue weighted by atomic mass is 10.0. The van der Waals surface area contributed by atoms with Crippen LogP contribution in [0.3, 0.4) is 0 Å². The van der Waals surface area contributed by atoms with Crippen molar-refractivity contribution in [2.45, 2.75) is 45.2 Å². The summed E-state index contributed by atoms with van der Waals surface area (Å²) in [6, 6.07) is -2.15. The third-order valence-electron chi connectivity index (χ3n) is 2.35. The molecule has 0 aromatic carbocycles. The van der Waals surface area contributed by atoms with Crippen LogP contribution in [0.1, 0.15) is 33.1 Å². The highest BCUT2D eigenvalue weighted by atomic mass is 16.4. The molecule has 0 aliphatic rings. The van der Waals surface area contributed by atoms with Crippen molar-refractivity contribution in [1.82, 2.24) is 5.32 Å². The molecule has 7 heteroatoms. The zero-order chi connectivity index (χ0) is 14.3. The summed E-state index contributed by atoms with van der Waals surface area (Å²) in [6.07, 6.45) is -0.184. The Hall–Kier alpha value is -1.63. The van der Waals surface area contributed by atoms with Crippen molar-refractivity contribution >= 4 is 17.9 Å². The van der Waals surface area contributed by atoms with Crippen LogP contribution < -0.4 is 5.32 Å². The van der Waals surface area contributed by atoms with E-state index >= 15 is 0 Å². The lowest BCUT2D eigenvalue weighted by Crippen LogP contribution is -2.47. The van der Waals surface area contributed by atoms with E-state index in [0.29, 0.717) is 0 Å². The van der Waals surface area contributed by atoms with Gasteiger partial charge in [0.2, 0.25) is 0 Å². The average molecular weight is 261 g/mol. The first-order valence-corrected chi connectivity index (χ1v) is 5.67. The SMILES string of the molecule is CC(C)CC(N[C@@H](CCC(=O)O)C(=O)O)C(=O)O. The number of carbonyl (C=O) groups is 3. The van der Waals surface area contributed by atoms with E-state index in [1.165, 1.54) is 0 Å². The Morgan fingerprint density at radius 3 is 1.83 bits per heavy atom. The van der Waals surface area contributed by atoms with E-state index in [1.54, 1.807) is 0 Å². The number of rotatable bonds is 9. The van der Waals surface area contributed by atoms with Gasteiger partial charge in [-0.3, -0.25) is 19.7 Å². The van der Waals surface area contributed by atoms with Crippen LogP contribution in [0.2, 0.25) is 0 Å². The van der Waals surface area contributed by atoms with E-state index in [0.717, 1.165) is 0 Å². The van der Waals surface area contributed by atoms with E-state index in [4.69, 9.17) is 15.3 Å². The highest BCUT2D eigenvalue weighted by Gasteiger charge is 2.26. The summed E-state index contributed by atoms with van der Waals surface area (Å²) in [6.45, 7) is 3.65. The second kappa shape index (κ2) is 7.65. The van der Waals surface area contributed by atoms with Crippen molar-refractivity contribution in [3.8, 4) is 0 Å². The van der Waals surface area contributed by atoms with Crippen molar-refractivity contribution < 1.29 is 29.7 Å². The van der Waals surface area contributed by atoms with Crippen LogP contribution in [0.5, 0.6) is 0 Å². The first-order valence-electron chi connectivity index (χ1n) is 5.67. The van der Waals surface area contributed by atoms with E-state index < -0.39 is 30.0 Å². The lowest BCUT2D eigenvalue weighted by Gasteiger charge is -2.21. The Morgan fingerprint density at radius 2 is 1.50 bits per heavy atom. The first kappa shape index (κ1) is 16.4. The number of carboxylic acid groups (broad SMARTS) is 3. The molecule has 0 amide bonds. The Kier molecular flexibility index (Phi) is 6.96. The second-order valence-corrected chi connectivity index (χ2v) is 4.51. The number of hydrogen-bond donors (Lipinski definition) is 4. The van der Waals surface area contributed by atoms with E-state index in [2.05, 4.69) is 5.32 Å². The molecular formula is C11H19NO6. The van der Waals surface area contributed by atoms with E-state index in [1.807, 2.05) is 13.8 Å². The molecule has 18 heavy (non-hydrogen) atoms. The van der Waals surface area contributed by atoms with Gasteiger partial charge in [0.1, 0.15) is 12.1 Å². The van der Waals surface area contributed by atoms with Gasteiger partial charge >= 0.3 is 17.9 Å². The maximum atomic E-state index is 11.0. The molecule has 0 saturated carbocycles. The predicted molar refractivity (Wildman–Crippen MR) is 62.3 cm³/mol. The summed E-state index contributed by atoms with van der Waals surface area (Å²) < 4.78 is 0. The van der Waals surface area contributed by atoms with Crippen LogP contribution in [0.4, 0.5) is 0 Å². The van der Waals surface area contributed by atoms with Gasteiger partial charge < -0.3 is 15.3 Å². The standard InChI is InChI=1S/C11H19NO6/c1-6(2)5-8(11(17)18)12-7(10(15)16)3-4-9(13)14/h6-8,12H,3-5H2,1-2H3,(H,13,14)(H,15,16)(H,17,18)/t7-,8?/m0/s1. The molecule has 0 spiro atoms. The Labute approximate surface area is 105 Å². The quantitative estimate of drug-likeness (QED) is 0.473. The van der Waals surface area contributed by atoms with Crippen molar-refractivity contribution in [3.63, 3.8) is 0 Å². The minimum atomic E-state index is -1.24. The predicted octanol–water partition coefficient (Wildman–Crippen LogP) is 0.393. The molecule has 0 heterocycles. The normalized spacial score (nSPS) is 14.2. The zero-order valence-corrected chi connectivity index (χ0v) is 10.4. The molecule has 0 rings (SSSR count). The molecule has 0 aromatic rings. The number of carboxylic acids is 3. The highest BCUT2D eigenvalue weighted by Crippen LogP contribution is 2.08. The van der Waals surface area contributed by atoms with E-state index in [-0.39, 0.29) is 25.2 Å². The van der Waals surface area contributed by atoms with Crippen LogP contribution in [-0.2, 0) is 14.4 Å². The number of hydrogen-bond acceptors (Lipinski definition) is 4. The summed E-state index contributed by atoms with van der Waals surface area (Å²) in [5.74, 6) is -3.40. The fourth-order valence-electron chi connectivity index (χ4n) is 1.50. The minimum Gasteiger partial charge on any atom is -0.481 e. The number of nitrogens with one attached hydrogen (secondary N) is 1. The third-order valence-corrected chi connectivity index (χ3v) is 2.35. The summed E-state index contributed by atoms with van der Waals surface area (Å²) >= 11 is 0. The van der Waals surface area contributed by atoms with Gasteiger partial charge in [0, 0.05) is 6.42 Å². The van der Waals surface area contributed by atoms with Gasteiger partial charge in [-0.25, -0.2) is 0 Å². The van der Waals surface area contributed by atoms with Gasteiger partial charge in [-0.15, -0.1) is 0 Å². The minimum absolute atomic E-state index is 0.0903. The maximum Gasteiger partial charge on any atom is 0.320 e. The molecule has 0 fully saturated rings. The Balaban J connectivity index is 4.55. The van der Waals surface area contributed by atoms with Gasteiger partial charge in [0.15, 0.2) is 0 Å². The monoisotopic (exact) mass is 261 g/mol. The third kappa shape index (κ3) is 6.85. The molecule has 4 N–H and O–H groups in total. The van der Waals surface area contributed by atoms with Crippen molar-refractivity contribution in [3.05, 3.63) is 0 Å². The van der Waals surface area contributed by atoms with Crippen LogP contribution in [0.25, 0.3) is 0 Å². The van der Waals surface area contributed by atoms with Crippen LogP contribution in [0.15, 0.2) is 0 Å². The van der Waals surface area contributed by atoms with Gasteiger partial charge in [-0.05, 0) is 18.8 Å². The van der Waals surface area contributed by atoms with Crippen LogP contribution in [-0.4, -0.2) is 45.3 Å². The number of aliphatic carboxylic acids is 3. The van der Waals surface area contributed by atoms with Gasteiger partial charge in [0.05, 0.1) is 0 Å².